The number of ether oxygens (including phenoxy) is 4. The van der Waals surface area contributed by atoms with Gasteiger partial charge in [-0.25, -0.2) is 0 Å². The largest absolute Gasteiger partial charge is 0.493 e. The van der Waals surface area contributed by atoms with E-state index in [9.17, 15) is 9.59 Å². The fourth-order valence-corrected chi connectivity index (χ4v) is 4.03. The highest BCUT2D eigenvalue weighted by atomic mass is 32.1. The molecule has 0 radical (unpaired) electrons. The summed E-state index contributed by atoms with van der Waals surface area (Å²) in [5, 5.41) is 0. The van der Waals surface area contributed by atoms with Gasteiger partial charge in [0.05, 0.1) is 30.4 Å². The van der Waals surface area contributed by atoms with Crippen molar-refractivity contribution < 1.29 is 28.5 Å². The molecular weight excluding hydrogens is 408 g/mol. The van der Waals surface area contributed by atoms with Gasteiger partial charge >= 0.3 is 5.97 Å². The first-order chi connectivity index (χ1) is 14.6. The van der Waals surface area contributed by atoms with Gasteiger partial charge in [0, 0.05) is 12.1 Å². The number of methoxy groups -OCH3 is 1. The zero-order valence-corrected chi connectivity index (χ0v) is 17.1. The molecule has 0 unspecified atom stereocenters. The van der Waals surface area contributed by atoms with Crippen LogP contribution < -0.4 is 19.0 Å². The van der Waals surface area contributed by atoms with Crippen LogP contribution in [0.2, 0.25) is 0 Å². The second-order valence-corrected chi connectivity index (χ2v) is 7.44. The highest BCUT2D eigenvalue weighted by Crippen LogP contribution is 2.35. The van der Waals surface area contributed by atoms with E-state index in [1.807, 2.05) is 36.4 Å². The van der Waals surface area contributed by atoms with Crippen molar-refractivity contribution in [3.8, 4) is 17.2 Å². The number of hydrogen-bond acceptors (Lipinski definition) is 7. The second-order valence-electron chi connectivity index (χ2n) is 6.43. The molecule has 0 bridgehead atoms. The van der Waals surface area contributed by atoms with Crippen LogP contribution in [0.1, 0.15) is 6.42 Å². The molecular formula is C21H20N2O6S. The van der Waals surface area contributed by atoms with Crippen molar-refractivity contribution in [2.75, 3.05) is 26.9 Å². The van der Waals surface area contributed by atoms with E-state index in [0.29, 0.717) is 35.3 Å². The molecule has 156 valence electrons. The zero-order chi connectivity index (χ0) is 20.9. The van der Waals surface area contributed by atoms with Crippen LogP contribution in [-0.2, 0) is 20.9 Å². The predicted molar refractivity (Wildman–Crippen MR) is 110 cm³/mol. The molecule has 0 atom stereocenters. The van der Waals surface area contributed by atoms with E-state index < -0.39 is 5.97 Å². The van der Waals surface area contributed by atoms with E-state index in [1.54, 1.807) is 10.6 Å². The summed E-state index contributed by atoms with van der Waals surface area (Å²) in [6.45, 7) is 1.08. The van der Waals surface area contributed by atoms with Crippen LogP contribution >= 0.6 is 11.3 Å². The van der Waals surface area contributed by atoms with Crippen LogP contribution in [0, 0.1) is 0 Å². The maximum Gasteiger partial charge on any atom is 0.325 e. The SMILES string of the molecule is COC(=O)Cn1c(=NC(=O)CCOc2ccccc2)sc2cc3c(cc21)OCCO3. The Morgan fingerprint density at radius 3 is 2.60 bits per heavy atom. The van der Waals surface area contributed by atoms with Gasteiger partial charge in [0.1, 0.15) is 25.5 Å². The molecule has 0 saturated carbocycles. The Hall–Kier alpha value is -3.33. The summed E-state index contributed by atoms with van der Waals surface area (Å²) in [4.78, 5) is 29.0. The molecule has 0 spiro atoms. The number of aromatic nitrogens is 1. The van der Waals surface area contributed by atoms with Gasteiger partial charge in [-0.2, -0.15) is 4.99 Å². The smallest absolute Gasteiger partial charge is 0.325 e. The van der Waals surface area contributed by atoms with Crippen molar-refractivity contribution in [1.29, 1.82) is 0 Å². The Kier molecular flexibility index (Phi) is 5.99. The lowest BCUT2D eigenvalue weighted by molar-refractivity contribution is -0.141. The van der Waals surface area contributed by atoms with E-state index in [2.05, 4.69) is 4.99 Å². The Morgan fingerprint density at radius 2 is 1.87 bits per heavy atom. The average Bonchev–Trinajstić information content (AvgIpc) is 3.08. The van der Waals surface area contributed by atoms with Gasteiger partial charge < -0.3 is 23.5 Å². The van der Waals surface area contributed by atoms with Crippen molar-refractivity contribution in [3.63, 3.8) is 0 Å². The number of carbonyl (C=O) groups is 2. The average molecular weight is 428 g/mol. The predicted octanol–water partition coefficient (Wildman–Crippen LogP) is 2.54. The molecule has 0 saturated heterocycles. The number of para-hydroxylation sites is 1. The van der Waals surface area contributed by atoms with Crippen molar-refractivity contribution in [2.24, 2.45) is 4.99 Å². The standard InChI is InChI=1S/C21H20N2O6S/c1-26-20(25)13-23-15-11-16-17(29-10-9-28-16)12-18(15)30-21(23)22-19(24)7-8-27-14-5-3-2-4-6-14/h2-6,11-12H,7-10,13H2,1H3. The molecule has 1 aromatic heterocycles. The maximum atomic E-state index is 12.4. The van der Waals surface area contributed by atoms with Gasteiger partial charge in [0.15, 0.2) is 16.3 Å². The third-order valence-corrected chi connectivity index (χ3v) is 5.45. The summed E-state index contributed by atoms with van der Waals surface area (Å²) in [6, 6.07) is 12.9. The summed E-state index contributed by atoms with van der Waals surface area (Å²) < 4.78 is 24.1. The first-order valence-corrected chi connectivity index (χ1v) is 10.2. The molecule has 8 nitrogen and oxygen atoms in total. The van der Waals surface area contributed by atoms with E-state index >= 15 is 0 Å². The molecule has 0 aliphatic carbocycles. The monoisotopic (exact) mass is 428 g/mol. The number of carbonyl (C=O) groups excluding carboxylic acids is 2. The lowest BCUT2D eigenvalue weighted by Gasteiger charge is -2.18. The van der Waals surface area contributed by atoms with Crippen molar-refractivity contribution in [1.82, 2.24) is 4.57 Å². The van der Waals surface area contributed by atoms with Crippen molar-refractivity contribution in [3.05, 3.63) is 47.3 Å². The van der Waals surface area contributed by atoms with Gasteiger partial charge in [-0.15, -0.1) is 0 Å². The number of fused-ring (bicyclic) bond motifs is 2. The maximum absolute atomic E-state index is 12.4. The number of nitrogens with zero attached hydrogens (tertiary/aromatic N) is 2. The Labute approximate surface area is 176 Å². The van der Waals surface area contributed by atoms with E-state index in [0.717, 1.165) is 10.2 Å². The molecule has 0 fully saturated rings. The highest BCUT2D eigenvalue weighted by molar-refractivity contribution is 7.16. The Balaban J connectivity index is 1.61. The number of esters is 1. The quantitative estimate of drug-likeness (QED) is 0.561. The number of amides is 1. The first kappa shape index (κ1) is 20.0. The van der Waals surface area contributed by atoms with E-state index in [1.165, 1.54) is 18.4 Å². The van der Waals surface area contributed by atoms with Crippen molar-refractivity contribution in [2.45, 2.75) is 13.0 Å². The van der Waals surface area contributed by atoms with Crippen molar-refractivity contribution >= 4 is 33.4 Å². The third-order valence-electron chi connectivity index (χ3n) is 4.41. The summed E-state index contributed by atoms with van der Waals surface area (Å²) in [5.41, 5.74) is 0.724. The first-order valence-electron chi connectivity index (χ1n) is 9.39. The molecule has 2 aromatic carbocycles. The fourth-order valence-electron chi connectivity index (χ4n) is 2.97. The molecule has 3 aromatic rings. The normalized spacial score (nSPS) is 13.3. The van der Waals surface area contributed by atoms with Gasteiger partial charge in [-0.3, -0.25) is 9.59 Å². The molecule has 30 heavy (non-hydrogen) atoms. The van der Waals surface area contributed by atoms with Gasteiger partial charge in [-0.05, 0) is 12.1 Å². The van der Waals surface area contributed by atoms with Gasteiger partial charge in [0.2, 0.25) is 0 Å². The highest BCUT2D eigenvalue weighted by Gasteiger charge is 2.18. The number of thiazole rings is 1. The molecule has 1 aliphatic heterocycles. The fraction of sp³-hybridized carbons (Fsp3) is 0.286. The minimum atomic E-state index is -0.439. The van der Waals surface area contributed by atoms with Crippen LogP contribution in [0.5, 0.6) is 17.2 Å². The summed E-state index contributed by atoms with van der Waals surface area (Å²) in [5.74, 6) is 1.14. The number of benzene rings is 2. The molecule has 0 N–H and O–H groups in total. The third kappa shape index (κ3) is 4.46. The zero-order valence-electron chi connectivity index (χ0n) is 16.3. The van der Waals surface area contributed by atoms with Crippen LogP contribution in [0.15, 0.2) is 47.5 Å². The minimum Gasteiger partial charge on any atom is -0.493 e. The van der Waals surface area contributed by atoms with Crippen LogP contribution in [-0.4, -0.2) is 43.4 Å². The summed E-state index contributed by atoms with van der Waals surface area (Å²) >= 11 is 1.30. The van der Waals surface area contributed by atoms with Gasteiger partial charge in [0.25, 0.3) is 5.91 Å². The Morgan fingerprint density at radius 1 is 1.13 bits per heavy atom. The number of hydrogen-bond donors (Lipinski definition) is 0. The van der Waals surface area contributed by atoms with Crippen LogP contribution in [0.3, 0.4) is 0 Å². The van der Waals surface area contributed by atoms with E-state index in [4.69, 9.17) is 18.9 Å². The molecule has 4 rings (SSSR count). The summed E-state index contributed by atoms with van der Waals surface area (Å²) in [7, 11) is 1.32. The Bertz CT molecular complexity index is 1140. The lowest BCUT2D eigenvalue weighted by Crippen LogP contribution is -2.23. The molecule has 1 aliphatic rings. The number of rotatable bonds is 6. The van der Waals surface area contributed by atoms with Crippen LogP contribution in [0.25, 0.3) is 10.2 Å². The molecule has 2 heterocycles. The molecule has 9 heteroatoms. The second kappa shape index (κ2) is 9.00. The molecule has 1 amide bonds. The lowest BCUT2D eigenvalue weighted by atomic mass is 10.2. The summed E-state index contributed by atoms with van der Waals surface area (Å²) in [6.07, 6.45) is 0.115. The van der Waals surface area contributed by atoms with Crippen LogP contribution in [0.4, 0.5) is 0 Å². The minimum absolute atomic E-state index is 0.0667. The van der Waals surface area contributed by atoms with Gasteiger partial charge in [-0.1, -0.05) is 29.5 Å². The topological polar surface area (TPSA) is 88.4 Å². The van der Waals surface area contributed by atoms with E-state index in [-0.39, 0.29) is 25.5 Å².